The molecule has 3 nitrogen and oxygen atoms in total. The Bertz CT molecular complexity index is 572. The molecule has 0 saturated carbocycles. The van der Waals surface area contributed by atoms with Gasteiger partial charge in [-0.2, -0.15) is 13.2 Å². The number of hydrogen-bond donors (Lipinski definition) is 1. The minimum absolute atomic E-state index is 0.0315. The smallest absolute Gasteiger partial charge is 0.381 e. The van der Waals surface area contributed by atoms with E-state index < -0.39 is 17.6 Å². The van der Waals surface area contributed by atoms with E-state index >= 15 is 0 Å². The third kappa shape index (κ3) is 2.26. The molecule has 0 bridgehead atoms. The van der Waals surface area contributed by atoms with Gasteiger partial charge >= 0.3 is 6.18 Å². The van der Waals surface area contributed by atoms with Gasteiger partial charge in [-0.15, -0.1) is 5.10 Å². The maximum Gasteiger partial charge on any atom is 0.416 e. The van der Waals surface area contributed by atoms with Crippen LogP contribution in [0.1, 0.15) is 5.56 Å². The summed E-state index contributed by atoms with van der Waals surface area (Å²) in [5.74, 6) is -1.10. The van der Waals surface area contributed by atoms with Gasteiger partial charge in [0.15, 0.2) is 5.82 Å². The number of aromatic nitrogens is 2. The van der Waals surface area contributed by atoms with E-state index in [1.165, 1.54) is 6.20 Å². The Morgan fingerprint density at radius 3 is 2.39 bits per heavy atom. The molecule has 0 aliphatic rings. The van der Waals surface area contributed by atoms with E-state index in [9.17, 15) is 17.6 Å². The van der Waals surface area contributed by atoms with Gasteiger partial charge in [0.05, 0.1) is 11.8 Å². The van der Waals surface area contributed by atoms with Crippen molar-refractivity contribution in [1.29, 1.82) is 0 Å². The maximum atomic E-state index is 13.6. The van der Waals surface area contributed by atoms with Crippen LogP contribution >= 0.6 is 11.6 Å². The molecule has 2 aromatic rings. The van der Waals surface area contributed by atoms with E-state index in [0.717, 1.165) is 16.8 Å². The van der Waals surface area contributed by atoms with E-state index in [4.69, 9.17) is 17.3 Å². The monoisotopic (exact) mass is 279 g/mol. The Morgan fingerprint density at radius 2 is 1.94 bits per heavy atom. The van der Waals surface area contributed by atoms with Gasteiger partial charge in [-0.1, -0.05) is 11.6 Å². The fraction of sp³-hybridized carbons (Fsp3) is 0.100. The van der Waals surface area contributed by atoms with Crippen LogP contribution in [0.25, 0.3) is 5.69 Å². The number of hydrogen-bond acceptors (Lipinski definition) is 2. The van der Waals surface area contributed by atoms with Crippen molar-refractivity contribution in [2.45, 2.75) is 6.18 Å². The first-order valence-electron chi connectivity index (χ1n) is 4.67. The Balaban J connectivity index is 2.48. The van der Waals surface area contributed by atoms with Gasteiger partial charge in [-0.3, -0.25) is 0 Å². The molecule has 0 amide bonds. The summed E-state index contributed by atoms with van der Waals surface area (Å²) in [4.78, 5) is 0. The summed E-state index contributed by atoms with van der Waals surface area (Å²) in [5.41, 5.74) is 4.12. The van der Waals surface area contributed by atoms with Gasteiger partial charge in [-0.25, -0.2) is 9.07 Å². The molecule has 96 valence electrons. The molecule has 2 rings (SSSR count). The van der Waals surface area contributed by atoms with E-state index in [0.29, 0.717) is 6.07 Å². The Morgan fingerprint density at radius 1 is 1.28 bits per heavy atom. The van der Waals surface area contributed by atoms with E-state index in [2.05, 4.69) is 5.10 Å². The van der Waals surface area contributed by atoms with Crippen LogP contribution in [0, 0.1) is 5.82 Å². The van der Waals surface area contributed by atoms with Crippen LogP contribution in [0.15, 0.2) is 24.4 Å². The van der Waals surface area contributed by atoms with E-state index in [-0.39, 0.29) is 16.5 Å². The van der Waals surface area contributed by atoms with Crippen molar-refractivity contribution in [3.05, 3.63) is 40.8 Å². The fourth-order valence-corrected chi connectivity index (χ4v) is 1.49. The highest BCUT2D eigenvalue weighted by molar-refractivity contribution is 6.32. The normalized spacial score (nSPS) is 11.8. The van der Waals surface area contributed by atoms with Crippen LogP contribution in [-0.4, -0.2) is 9.78 Å². The average molecular weight is 280 g/mol. The zero-order chi connectivity index (χ0) is 13.5. The van der Waals surface area contributed by atoms with Crippen LogP contribution in [0.2, 0.25) is 5.02 Å². The average Bonchev–Trinajstić information content (AvgIpc) is 2.57. The summed E-state index contributed by atoms with van der Waals surface area (Å²) in [6.45, 7) is 0. The highest BCUT2D eigenvalue weighted by Gasteiger charge is 2.31. The zero-order valence-corrected chi connectivity index (χ0v) is 9.43. The van der Waals surface area contributed by atoms with E-state index in [1.54, 1.807) is 0 Å². The summed E-state index contributed by atoms with van der Waals surface area (Å²) in [5, 5.41) is 3.77. The minimum Gasteiger partial charge on any atom is -0.381 e. The molecule has 0 atom stereocenters. The molecule has 1 aromatic heterocycles. The lowest BCUT2D eigenvalue weighted by Crippen LogP contribution is -2.07. The van der Waals surface area contributed by atoms with Gasteiger partial charge < -0.3 is 5.73 Å². The van der Waals surface area contributed by atoms with Gasteiger partial charge in [0, 0.05) is 0 Å². The van der Waals surface area contributed by atoms with Crippen molar-refractivity contribution in [3.63, 3.8) is 0 Å². The van der Waals surface area contributed by atoms with Crippen LogP contribution in [0.3, 0.4) is 0 Å². The SMILES string of the molecule is Nc1nn(-c2ccc(C(F)(F)F)cc2F)cc1Cl. The van der Waals surface area contributed by atoms with Gasteiger partial charge in [0.2, 0.25) is 0 Å². The summed E-state index contributed by atoms with van der Waals surface area (Å²) in [6.07, 6.45) is -3.39. The molecule has 2 N–H and O–H groups in total. The number of nitrogens with two attached hydrogens (primary N) is 1. The van der Waals surface area contributed by atoms with Crippen LogP contribution in [0.4, 0.5) is 23.4 Å². The Kier molecular flexibility index (Phi) is 2.94. The molecule has 0 radical (unpaired) electrons. The van der Waals surface area contributed by atoms with E-state index in [1.807, 2.05) is 0 Å². The highest BCUT2D eigenvalue weighted by Crippen LogP contribution is 2.31. The topological polar surface area (TPSA) is 43.8 Å². The maximum absolute atomic E-state index is 13.6. The molecule has 0 saturated heterocycles. The van der Waals surface area contributed by atoms with Crippen molar-refractivity contribution in [3.8, 4) is 5.69 Å². The van der Waals surface area contributed by atoms with Gasteiger partial charge in [0.1, 0.15) is 16.5 Å². The summed E-state index contributed by atoms with van der Waals surface area (Å²) < 4.78 is 51.6. The molecule has 0 fully saturated rings. The van der Waals surface area contributed by atoms with Crippen LogP contribution < -0.4 is 5.73 Å². The number of benzene rings is 1. The summed E-state index contributed by atoms with van der Waals surface area (Å²) >= 11 is 5.62. The molecule has 0 aliphatic carbocycles. The second-order valence-corrected chi connectivity index (χ2v) is 3.88. The molecule has 1 aromatic carbocycles. The molecular formula is C10H6ClF4N3. The van der Waals surface area contributed by atoms with Crippen molar-refractivity contribution >= 4 is 17.4 Å². The van der Waals surface area contributed by atoms with Gasteiger partial charge in [-0.05, 0) is 18.2 Å². The number of rotatable bonds is 1. The molecule has 0 aliphatic heterocycles. The molecule has 0 spiro atoms. The number of nitrogens with zero attached hydrogens (tertiary/aromatic N) is 2. The Hall–Kier alpha value is -1.76. The summed E-state index contributed by atoms with van der Waals surface area (Å²) in [6, 6.07) is 2.10. The first-order valence-corrected chi connectivity index (χ1v) is 5.04. The first-order chi connectivity index (χ1) is 8.29. The lowest BCUT2D eigenvalue weighted by Gasteiger charge is -2.08. The van der Waals surface area contributed by atoms with Crippen molar-refractivity contribution in [2.75, 3.05) is 5.73 Å². The van der Waals surface area contributed by atoms with Crippen molar-refractivity contribution in [1.82, 2.24) is 9.78 Å². The highest BCUT2D eigenvalue weighted by atomic mass is 35.5. The third-order valence-corrected chi connectivity index (χ3v) is 2.51. The van der Waals surface area contributed by atoms with Crippen molar-refractivity contribution < 1.29 is 17.6 Å². The third-order valence-electron chi connectivity index (χ3n) is 2.22. The molecular weight excluding hydrogens is 274 g/mol. The quantitative estimate of drug-likeness (QED) is 0.814. The second kappa shape index (κ2) is 4.16. The van der Waals surface area contributed by atoms with Crippen LogP contribution in [0.5, 0.6) is 0 Å². The predicted molar refractivity (Wildman–Crippen MR) is 57.9 cm³/mol. The molecule has 1 heterocycles. The Labute approximate surface area is 104 Å². The first kappa shape index (κ1) is 12.7. The standard InChI is InChI=1S/C10H6ClF4N3/c11-6-4-18(17-9(6)16)8-2-1-5(3-7(8)12)10(13,14)15/h1-4H,(H2,16,17). The largest absolute Gasteiger partial charge is 0.416 e. The molecule has 0 unspecified atom stereocenters. The lowest BCUT2D eigenvalue weighted by atomic mass is 10.2. The summed E-state index contributed by atoms with van der Waals surface area (Å²) in [7, 11) is 0. The zero-order valence-electron chi connectivity index (χ0n) is 8.67. The lowest BCUT2D eigenvalue weighted by molar-refractivity contribution is -0.137. The number of alkyl halides is 3. The molecule has 18 heavy (non-hydrogen) atoms. The van der Waals surface area contributed by atoms with Gasteiger partial charge in [0.25, 0.3) is 0 Å². The number of halogens is 5. The number of nitrogen functional groups attached to an aromatic ring is 1. The minimum atomic E-state index is -4.60. The predicted octanol–water partition coefficient (Wildman–Crippen LogP) is 3.27. The fourth-order valence-electron chi connectivity index (χ4n) is 1.36. The van der Waals surface area contributed by atoms with Crippen LogP contribution in [-0.2, 0) is 6.18 Å². The molecule has 8 heteroatoms. The van der Waals surface area contributed by atoms with Crippen molar-refractivity contribution in [2.24, 2.45) is 0 Å². The second-order valence-electron chi connectivity index (χ2n) is 3.47. The number of anilines is 1.